The van der Waals surface area contributed by atoms with Gasteiger partial charge in [-0.1, -0.05) is 41.4 Å². The van der Waals surface area contributed by atoms with Gasteiger partial charge in [0.15, 0.2) is 6.61 Å². The zero-order chi connectivity index (χ0) is 22.2. The van der Waals surface area contributed by atoms with Gasteiger partial charge in [0.25, 0.3) is 5.91 Å². The number of hydrogen-bond acceptors (Lipinski definition) is 6. The molecule has 8 heteroatoms. The number of rotatable bonds is 7. The molecule has 0 radical (unpaired) electrons. The highest BCUT2D eigenvalue weighted by Crippen LogP contribution is 2.27. The maximum Gasteiger partial charge on any atom is 0.277 e. The number of phenols is 1. The van der Waals surface area contributed by atoms with Gasteiger partial charge >= 0.3 is 0 Å². The van der Waals surface area contributed by atoms with Crippen molar-refractivity contribution in [2.45, 2.75) is 13.8 Å². The monoisotopic (exact) mass is 436 g/mol. The van der Waals surface area contributed by atoms with Crippen LogP contribution >= 0.6 is 11.6 Å². The predicted molar refractivity (Wildman–Crippen MR) is 121 cm³/mol. The van der Waals surface area contributed by atoms with Crippen LogP contribution in [0.5, 0.6) is 11.5 Å². The van der Waals surface area contributed by atoms with Crippen molar-refractivity contribution in [1.82, 2.24) is 5.43 Å². The largest absolute Gasteiger partial charge is 0.507 e. The molecular formula is C23H21ClN4O3. The molecule has 0 aliphatic heterocycles. The smallest absolute Gasteiger partial charge is 0.277 e. The molecular weight excluding hydrogens is 416 g/mol. The van der Waals surface area contributed by atoms with Crippen LogP contribution in [0.2, 0.25) is 5.02 Å². The molecule has 0 spiro atoms. The first-order valence-electron chi connectivity index (χ1n) is 9.43. The molecule has 3 aromatic carbocycles. The van der Waals surface area contributed by atoms with Gasteiger partial charge in [0.05, 0.1) is 16.9 Å². The van der Waals surface area contributed by atoms with Crippen molar-refractivity contribution in [3.63, 3.8) is 0 Å². The number of phenolic OH excluding ortho intramolecular Hbond substituents is 1. The van der Waals surface area contributed by atoms with E-state index in [1.165, 1.54) is 12.3 Å². The van der Waals surface area contributed by atoms with Crippen molar-refractivity contribution in [2.75, 3.05) is 6.61 Å². The van der Waals surface area contributed by atoms with Crippen LogP contribution in [0, 0.1) is 13.8 Å². The Bertz CT molecular complexity index is 1150. The normalized spacial score (nSPS) is 11.2. The summed E-state index contributed by atoms with van der Waals surface area (Å²) in [5, 5.41) is 22.6. The van der Waals surface area contributed by atoms with Gasteiger partial charge in [-0.3, -0.25) is 4.79 Å². The second-order valence-electron chi connectivity index (χ2n) is 6.75. The summed E-state index contributed by atoms with van der Waals surface area (Å²) in [7, 11) is 0. The van der Waals surface area contributed by atoms with E-state index in [2.05, 4.69) is 20.8 Å². The number of aryl methyl sites for hydroxylation is 2. The third-order valence-corrected chi connectivity index (χ3v) is 4.54. The number of aromatic hydroxyl groups is 1. The Morgan fingerprint density at radius 3 is 2.68 bits per heavy atom. The van der Waals surface area contributed by atoms with E-state index in [0.29, 0.717) is 27.7 Å². The van der Waals surface area contributed by atoms with Crippen LogP contribution < -0.4 is 10.2 Å². The molecule has 0 atom stereocenters. The zero-order valence-corrected chi connectivity index (χ0v) is 17.8. The van der Waals surface area contributed by atoms with Crippen molar-refractivity contribution < 1.29 is 14.6 Å². The average Bonchev–Trinajstić information content (AvgIpc) is 2.74. The number of hydrogen-bond donors (Lipinski definition) is 2. The molecule has 0 unspecified atom stereocenters. The van der Waals surface area contributed by atoms with E-state index in [-0.39, 0.29) is 12.4 Å². The molecule has 0 saturated heterocycles. The standard InChI is InChI=1S/C23H21ClN4O3/c1-15-7-10-22(16(2)11-15)31-14-23(30)28-25-13-17-12-18(8-9-21(17)29)26-27-20-6-4-3-5-19(20)24/h3-13,29H,14H2,1-2H3,(H,28,30)/b25-13+,27-26?. The van der Waals surface area contributed by atoms with Crippen LogP contribution in [0.25, 0.3) is 0 Å². The summed E-state index contributed by atoms with van der Waals surface area (Å²) in [5.41, 5.74) is 5.82. The van der Waals surface area contributed by atoms with Crippen LogP contribution in [0.15, 0.2) is 76.0 Å². The Labute approximate surface area is 185 Å². The number of benzene rings is 3. The van der Waals surface area contributed by atoms with Crippen LogP contribution in [-0.4, -0.2) is 23.8 Å². The fourth-order valence-corrected chi connectivity index (χ4v) is 2.84. The molecule has 31 heavy (non-hydrogen) atoms. The second-order valence-corrected chi connectivity index (χ2v) is 7.15. The van der Waals surface area contributed by atoms with Gasteiger partial charge in [-0.25, -0.2) is 5.43 Å². The van der Waals surface area contributed by atoms with E-state index in [4.69, 9.17) is 16.3 Å². The minimum atomic E-state index is -0.426. The molecule has 3 aromatic rings. The highest BCUT2D eigenvalue weighted by Gasteiger charge is 2.05. The van der Waals surface area contributed by atoms with E-state index in [0.717, 1.165) is 11.1 Å². The number of hydrazone groups is 1. The first-order chi connectivity index (χ1) is 14.9. The highest BCUT2D eigenvalue weighted by atomic mass is 35.5. The molecule has 0 bridgehead atoms. The molecule has 0 fully saturated rings. The predicted octanol–water partition coefficient (Wildman–Crippen LogP) is 5.61. The highest BCUT2D eigenvalue weighted by molar-refractivity contribution is 6.32. The van der Waals surface area contributed by atoms with Crippen molar-refractivity contribution in [3.05, 3.63) is 82.4 Å². The number of nitrogens with zero attached hydrogens (tertiary/aromatic N) is 3. The third kappa shape index (κ3) is 6.38. The Hall–Kier alpha value is -3.71. The number of ether oxygens (including phenoxy) is 1. The summed E-state index contributed by atoms with van der Waals surface area (Å²) in [6, 6.07) is 17.4. The topological polar surface area (TPSA) is 95.6 Å². The van der Waals surface area contributed by atoms with E-state index < -0.39 is 5.91 Å². The summed E-state index contributed by atoms with van der Waals surface area (Å²) >= 11 is 6.06. The lowest BCUT2D eigenvalue weighted by Crippen LogP contribution is -2.24. The van der Waals surface area contributed by atoms with Gasteiger partial charge in [-0.05, 0) is 55.8 Å². The zero-order valence-electron chi connectivity index (χ0n) is 17.0. The van der Waals surface area contributed by atoms with E-state index in [1.807, 2.05) is 38.1 Å². The molecule has 0 aromatic heterocycles. The first kappa shape index (κ1) is 22.0. The van der Waals surface area contributed by atoms with Gasteiger partial charge in [0.2, 0.25) is 0 Å². The number of halogens is 1. The van der Waals surface area contributed by atoms with Crippen LogP contribution in [0.3, 0.4) is 0 Å². The van der Waals surface area contributed by atoms with E-state index >= 15 is 0 Å². The van der Waals surface area contributed by atoms with Gasteiger partial charge in [-0.15, -0.1) is 5.11 Å². The third-order valence-electron chi connectivity index (χ3n) is 4.22. The molecule has 158 valence electrons. The maximum absolute atomic E-state index is 12.0. The minimum Gasteiger partial charge on any atom is -0.507 e. The van der Waals surface area contributed by atoms with Gasteiger partial charge in [-0.2, -0.15) is 10.2 Å². The summed E-state index contributed by atoms with van der Waals surface area (Å²) in [6.45, 7) is 3.72. The van der Waals surface area contributed by atoms with E-state index in [9.17, 15) is 9.90 Å². The molecule has 0 heterocycles. The fourth-order valence-electron chi connectivity index (χ4n) is 2.66. The summed E-state index contributed by atoms with van der Waals surface area (Å²) in [4.78, 5) is 12.0. The Morgan fingerprint density at radius 2 is 1.90 bits per heavy atom. The number of nitrogens with one attached hydrogen (secondary N) is 1. The van der Waals surface area contributed by atoms with Crippen molar-refractivity contribution in [2.24, 2.45) is 15.3 Å². The average molecular weight is 437 g/mol. The Balaban J connectivity index is 1.59. The van der Waals surface area contributed by atoms with Gasteiger partial charge in [0.1, 0.15) is 17.2 Å². The Morgan fingerprint density at radius 1 is 1.10 bits per heavy atom. The second kappa shape index (κ2) is 10.4. The van der Waals surface area contributed by atoms with Crippen molar-refractivity contribution in [1.29, 1.82) is 0 Å². The molecule has 3 rings (SSSR count). The number of carbonyl (C=O) groups excluding carboxylic acids is 1. The summed E-state index contributed by atoms with van der Waals surface area (Å²) in [6.07, 6.45) is 1.32. The number of carbonyl (C=O) groups is 1. The van der Waals surface area contributed by atoms with Crippen molar-refractivity contribution in [3.8, 4) is 11.5 Å². The molecule has 1 amide bonds. The Kier molecular flexibility index (Phi) is 7.35. The summed E-state index contributed by atoms with van der Waals surface area (Å²) in [5.74, 6) is 0.199. The van der Waals surface area contributed by atoms with E-state index in [1.54, 1.807) is 30.3 Å². The SMILES string of the molecule is Cc1ccc(OCC(=O)N/N=C/c2cc(N=Nc3ccccc3Cl)ccc2O)c(C)c1. The minimum absolute atomic E-state index is 0.0128. The van der Waals surface area contributed by atoms with Gasteiger partial charge < -0.3 is 9.84 Å². The molecule has 7 nitrogen and oxygen atoms in total. The molecule has 0 aliphatic carbocycles. The van der Waals surface area contributed by atoms with Crippen LogP contribution in [-0.2, 0) is 4.79 Å². The lowest BCUT2D eigenvalue weighted by Gasteiger charge is -2.08. The first-order valence-corrected chi connectivity index (χ1v) is 9.81. The van der Waals surface area contributed by atoms with Gasteiger partial charge in [0, 0.05) is 5.56 Å². The lowest BCUT2D eigenvalue weighted by atomic mass is 10.1. The maximum atomic E-state index is 12.0. The van der Waals surface area contributed by atoms with Crippen molar-refractivity contribution >= 4 is 35.1 Å². The molecule has 0 aliphatic rings. The lowest BCUT2D eigenvalue weighted by molar-refractivity contribution is -0.123. The number of amides is 1. The fraction of sp³-hybridized carbons (Fsp3) is 0.130. The quantitative estimate of drug-likeness (QED) is 0.286. The molecule has 0 saturated carbocycles. The van der Waals surface area contributed by atoms with Crippen LogP contribution in [0.4, 0.5) is 11.4 Å². The summed E-state index contributed by atoms with van der Waals surface area (Å²) < 4.78 is 5.51. The van der Waals surface area contributed by atoms with Crippen LogP contribution in [0.1, 0.15) is 16.7 Å². The number of azo groups is 1. The molecule has 2 N–H and O–H groups in total.